The minimum Gasteiger partial charge on any atom is -0.496 e. The Bertz CT molecular complexity index is 230. The molecule has 1 aromatic carbocycles. The Kier molecular flexibility index (Phi) is 8.01. The summed E-state index contributed by atoms with van der Waals surface area (Å²) in [6.07, 6.45) is 3.52. The SMILES string of the molecule is CCC.CCCc1ccccc1OC. The molecular formula is C13H22O. The maximum absolute atomic E-state index is 5.20. The van der Waals surface area contributed by atoms with E-state index in [9.17, 15) is 0 Å². The van der Waals surface area contributed by atoms with E-state index in [0.29, 0.717) is 0 Å². The number of ether oxygens (including phenoxy) is 1. The molecule has 0 aliphatic carbocycles. The minimum absolute atomic E-state index is 1.01. The molecule has 0 fully saturated rings. The lowest BCUT2D eigenvalue weighted by Crippen LogP contribution is -1.90. The molecule has 0 aliphatic rings. The molecule has 0 saturated heterocycles. The third-order valence-electron chi connectivity index (χ3n) is 1.71. The van der Waals surface area contributed by atoms with Crippen LogP contribution < -0.4 is 4.74 Å². The fourth-order valence-corrected chi connectivity index (χ4v) is 1.18. The number of rotatable bonds is 3. The first-order valence-electron chi connectivity index (χ1n) is 5.41. The Morgan fingerprint density at radius 1 is 1.07 bits per heavy atom. The molecule has 14 heavy (non-hydrogen) atoms. The molecule has 1 nitrogen and oxygen atoms in total. The lowest BCUT2D eigenvalue weighted by atomic mass is 10.1. The predicted molar refractivity (Wildman–Crippen MR) is 63.0 cm³/mol. The zero-order chi connectivity index (χ0) is 10.8. The van der Waals surface area contributed by atoms with Gasteiger partial charge in [-0.3, -0.25) is 0 Å². The number of para-hydroxylation sites is 1. The number of benzene rings is 1. The van der Waals surface area contributed by atoms with E-state index in [0.717, 1.165) is 12.2 Å². The second kappa shape index (κ2) is 8.61. The fourth-order valence-electron chi connectivity index (χ4n) is 1.18. The quantitative estimate of drug-likeness (QED) is 0.705. The second-order valence-corrected chi connectivity index (χ2v) is 3.27. The molecule has 0 N–H and O–H groups in total. The molecule has 0 heterocycles. The van der Waals surface area contributed by atoms with E-state index in [-0.39, 0.29) is 0 Å². The lowest BCUT2D eigenvalue weighted by Gasteiger charge is -2.05. The molecule has 0 aromatic heterocycles. The first kappa shape index (κ1) is 13.0. The van der Waals surface area contributed by atoms with Crippen molar-refractivity contribution < 1.29 is 4.74 Å². The van der Waals surface area contributed by atoms with Crippen LogP contribution in [0, 0.1) is 0 Å². The van der Waals surface area contributed by atoms with Crippen LogP contribution >= 0.6 is 0 Å². The molecule has 0 bridgehead atoms. The zero-order valence-electron chi connectivity index (χ0n) is 9.84. The maximum atomic E-state index is 5.20. The van der Waals surface area contributed by atoms with Crippen LogP contribution in [0.25, 0.3) is 0 Å². The molecule has 1 rings (SSSR count). The summed E-state index contributed by atoms with van der Waals surface area (Å²) in [4.78, 5) is 0. The van der Waals surface area contributed by atoms with Gasteiger partial charge in [-0.2, -0.15) is 0 Å². The van der Waals surface area contributed by atoms with E-state index in [4.69, 9.17) is 4.74 Å². The summed E-state index contributed by atoms with van der Waals surface area (Å²) in [7, 11) is 1.72. The van der Waals surface area contributed by atoms with Crippen LogP contribution in [0.4, 0.5) is 0 Å². The van der Waals surface area contributed by atoms with Crippen molar-refractivity contribution in [2.24, 2.45) is 0 Å². The first-order valence-corrected chi connectivity index (χ1v) is 5.41. The Morgan fingerprint density at radius 2 is 1.64 bits per heavy atom. The zero-order valence-corrected chi connectivity index (χ0v) is 9.84. The average Bonchev–Trinajstić information content (AvgIpc) is 2.20. The van der Waals surface area contributed by atoms with Gasteiger partial charge in [0.1, 0.15) is 5.75 Å². The van der Waals surface area contributed by atoms with Crippen LogP contribution in [0.2, 0.25) is 0 Å². The van der Waals surface area contributed by atoms with E-state index in [1.165, 1.54) is 18.4 Å². The maximum Gasteiger partial charge on any atom is 0.122 e. The minimum atomic E-state index is 1.01. The van der Waals surface area contributed by atoms with E-state index in [2.05, 4.69) is 26.8 Å². The molecule has 1 aromatic rings. The molecule has 0 spiro atoms. The van der Waals surface area contributed by atoms with Crippen LogP contribution in [-0.4, -0.2) is 7.11 Å². The normalized spacial score (nSPS) is 8.86. The van der Waals surface area contributed by atoms with Gasteiger partial charge >= 0.3 is 0 Å². The summed E-state index contributed by atoms with van der Waals surface area (Å²) in [6.45, 7) is 6.42. The van der Waals surface area contributed by atoms with Crippen LogP contribution in [0.1, 0.15) is 39.2 Å². The van der Waals surface area contributed by atoms with Crippen LogP contribution in [-0.2, 0) is 6.42 Å². The van der Waals surface area contributed by atoms with Crippen molar-refractivity contribution in [3.05, 3.63) is 29.8 Å². The van der Waals surface area contributed by atoms with Crippen molar-refractivity contribution in [3.63, 3.8) is 0 Å². The Labute approximate surface area is 88.1 Å². The van der Waals surface area contributed by atoms with Crippen molar-refractivity contribution in [1.82, 2.24) is 0 Å². The predicted octanol–water partition coefficient (Wildman–Crippen LogP) is 4.06. The van der Waals surface area contributed by atoms with Crippen LogP contribution in [0.5, 0.6) is 5.75 Å². The smallest absolute Gasteiger partial charge is 0.122 e. The molecule has 80 valence electrons. The van der Waals surface area contributed by atoms with E-state index >= 15 is 0 Å². The molecule has 0 unspecified atom stereocenters. The molecule has 1 heteroatoms. The average molecular weight is 194 g/mol. The van der Waals surface area contributed by atoms with Gasteiger partial charge in [0, 0.05) is 0 Å². The van der Waals surface area contributed by atoms with Crippen molar-refractivity contribution in [1.29, 1.82) is 0 Å². The van der Waals surface area contributed by atoms with E-state index < -0.39 is 0 Å². The van der Waals surface area contributed by atoms with Gasteiger partial charge in [-0.25, -0.2) is 0 Å². The summed E-state index contributed by atoms with van der Waals surface area (Å²) >= 11 is 0. The van der Waals surface area contributed by atoms with Crippen molar-refractivity contribution in [3.8, 4) is 5.75 Å². The lowest BCUT2D eigenvalue weighted by molar-refractivity contribution is 0.409. The molecule has 0 aliphatic heterocycles. The molecule has 0 radical (unpaired) electrons. The van der Waals surface area contributed by atoms with Gasteiger partial charge in [-0.15, -0.1) is 0 Å². The Hall–Kier alpha value is -0.980. The number of hydrogen-bond acceptors (Lipinski definition) is 1. The van der Waals surface area contributed by atoms with Gasteiger partial charge in [0.2, 0.25) is 0 Å². The van der Waals surface area contributed by atoms with Crippen LogP contribution in [0.15, 0.2) is 24.3 Å². The summed E-state index contributed by atoms with van der Waals surface area (Å²) < 4.78 is 5.20. The Morgan fingerprint density at radius 3 is 2.14 bits per heavy atom. The second-order valence-electron chi connectivity index (χ2n) is 3.27. The highest BCUT2D eigenvalue weighted by molar-refractivity contribution is 5.33. The van der Waals surface area contributed by atoms with Crippen molar-refractivity contribution in [2.75, 3.05) is 7.11 Å². The Balaban J connectivity index is 0.000000500. The molecule has 0 saturated carbocycles. The van der Waals surface area contributed by atoms with Gasteiger partial charge in [0.05, 0.1) is 7.11 Å². The largest absolute Gasteiger partial charge is 0.496 e. The van der Waals surface area contributed by atoms with Crippen molar-refractivity contribution in [2.45, 2.75) is 40.0 Å². The van der Waals surface area contributed by atoms with E-state index in [1.807, 2.05) is 18.2 Å². The highest BCUT2D eigenvalue weighted by Crippen LogP contribution is 2.18. The van der Waals surface area contributed by atoms with E-state index in [1.54, 1.807) is 7.11 Å². The highest BCUT2D eigenvalue weighted by Gasteiger charge is 1.97. The first-order chi connectivity index (χ1) is 6.79. The number of hydrogen-bond donors (Lipinski definition) is 0. The fraction of sp³-hybridized carbons (Fsp3) is 0.538. The van der Waals surface area contributed by atoms with Gasteiger partial charge < -0.3 is 4.74 Å². The van der Waals surface area contributed by atoms with Gasteiger partial charge in [-0.05, 0) is 18.1 Å². The highest BCUT2D eigenvalue weighted by atomic mass is 16.5. The molecule has 0 atom stereocenters. The number of aryl methyl sites for hydroxylation is 1. The monoisotopic (exact) mass is 194 g/mol. The van der Waals surface area contributed by atoms with Gasteiger partial charge in [-0.1, -0.05) is 51.8 Å². The standard InChI is InChI=1S/C10H14O.C3H8/c1-3-6-9-7-4-5-8-10(9)11-2;1-3-2/h4-5,7-8H,3,6H2,1-2H3;3H2,1-2H3. The van der Waals surface area contributed by atoms with Crippen LogP contribution in [0.3, 0.4) is 0 Å². The summed E-state index contributed by atoms with van der Waals surface area (Å²) in [5, 5.41) is 0. The third kappa shape index (κ3) is 4.90. The summed E-state index contributed by atoms with van der Waals surface area (Å²) in [5.74, 6) is 1.01. The van der Waals surface area contributed by atoms with Gasteiger partial charge in [0.25, 0.3) is 0 Å². The van der Waals surface area contributed by atoms with Gasteiger partial charge in [0.15, 0.2) is 0 Å². The number of methoxy groups -OCH3 is 1. The molecular weight excluding hydrogens is 172 g/mol. The summed E-state index contributed by atoms with van der Waals surface area (Å²) in [6, 6.07) is 8.17. The van der Waals surface area contributed by atoms with Crippen molar-refractivity contribution >= 4 is 0 Å². The third-order valence-corrected chi connectivity index (χ3v) is 1.71. The topological polar surface area (TPSA) is 9.23 Å². The summed E-state index contributed by atoms with van der Waals surface area (Å²) in [5.41, 5.74) is 1.30. The molecule has 0 amide bonds.